The Labute approximate surface area is 208 Å². The molecule has 0 saturated heterocycles. The Hall–Kier alpha value is -3.55. The smallest absolute Gasteiger partial charge is 0.338 e. The van der Waals surface area contributed by atoms with Crippen molar-refractivity contribution in [1.82, 2.24) is 10.6 Å². The summed E-state index contributed by atoms with van der Waals surface area (Å²) in [4.78, 5) is 12.9. The van der Waals surface area contributed by atoms with Gasteiger partial charge in [0.05, 0.1) is 31.5 Å². The van der Waals surface area contributed by atoms with Gasteiger partial charge in [-0.05, 0) is 41.5 Å². The molecule has 3 aromatic carbocycles. The molecular weight excluding hydrogens is 472 g/mol. The van der Waals surface area contributed by atoms with Crippen LogP contribution in [0.4, 0.5) is 0 Å². The maximum absolute atomic E-state index is 12.9. The summed E-state index contributed by atoms with van der Waals surface area (Å²) >= 11 is 11.7. The molecule has 174 valence electrons. The molecule has 6 nitrogen and oxygen atoms in total. The summed E-state index contributed by atoms with van der Waals surface area (Å²) in [6, 6.07) is 21.9. The first-order valence-electron chi connectivity index (χ1n) is 10.5. The summed E-state index contributed by atoms with van der Waals surface area (Å²) in [5, 5.41) is 7.32. The maximum atomic E-state index is 12.9. The van der Waals surface area contributed by atoms with Crippen molar-refractivity contribution < 1.29 is 19.0 Å². The van der Waals surface area contributed by atoms with Crippen LogP contribution in [0.3, 0.4) is 0 Å². The first-order valence-corrected chi connectivity index (χ1v) is 11.3. The molecule has 1 aliphatic rings. The number of benzene rings is 3. The van der Waals surface area contributed by atoms with Crippen molar-refractivity contribution in [3.63, 3.8) is 0 Å². The highest BCUT2D eigenvalue weighted by molar-refractivity contribution is 7.80. The zero-order valence-corrected chi connectivity index (χ0v) is 20.2. The molecule has 3 aromatic rings. The van der Waals surface area contributed by atoms with Crippen molar-refractivity contribution >= 4 is 40.6 Å². The minimum absolute atomic E-state index is 0.288. The third-order valence-electron chi connectivity index (χ3n) is 5.40. The highest BCUT2D eigenvalue weighted by Crippen LogP contribution is 2.37. The second-order valence-electron chi connectivity index (χ2n) is 7.47. The van der Waals surface area contributed by atoms with E-state index in [1.54, 1.807) is 13.2 Å². The molecule has 0 bridgehead atoms. The largest absolute Gasteiger partial charge is 0.493 e. The number of halogens is 1. The number of hydrogen-bond acceptors (Lipinski definition) is 5. The minimum atomic E-state index is -0.553. The Morgan fingerprint density at radius 3 is 2.44 bits per heavy atom. The summed E-state index contributed by atoms with van der Waals surface area (Å²) < 4.78 is 16.7. The number of nitrogens with one attached hydrogen (secondary N) is 2. The van der Waals surface area contributed by atoms with Gasteiger partial charge in [0.2, 0.25) is 0 Å². The standard InChI is InChI=1S/C26H23ClN2O4S/c1-31-21-14-17(12-13-20(21)33-15-18-10-6-7-11-19(18)27)24-22(25(30)32-2)23(28-26(34)29-24)16-8-4-3-5-9-16/h3-14,24H,15H2,1-2H3,(H2,28,29,34)/t24-/m1/s1. The number of hydrogen-bond donors (Lipinski definition) is 2. The zero-order valence-electron chi connectivity index (χ0n) is 18.6. The summed E-state index contributed by atoms with van der Waals surface area (Å²) in [6.45, 7) is 0.288. The number of rotatable bonds is 7. The van der Waals surface area contributed by atoms with E-state index in [0.717, 1.165) is 16.7 Å². The van der Waals surface area contributed by atoms with Crippen LogP contribution in [0.15, 0.2) is 78.4 Å². The average molecular weight is 495 g/mol. The van der Waals surface area contributed by atoms with Gasteiger partial charge in [0, 0.05) is 10.6 Å². The van der Waals surface area contributed by atoms with E-state index in [1.165, 1.54) is 7.11 Å². The van der Waals surface area contributed by atoms with Gasteiger partial charge in [-0.25, -0.2) is 4.79 Å². The fourth-order valence-electron chi connectivity index (χ4n) is 3.73. The second kappa shape index (κ2) is 10.6. The number of carbonyl (C=O) groups excluding carboxylic acids is 1. The molecule has 8 heteroatoms. The van der Waals surface area contributed by atoms with Gasteiger partial charge in [-0.15, -0.1) is 0 Å². The van der Waals surface area contributed by atoms with Gasteiger partial charge in [0.1, 0.15) is 6.61 Å². The SMILES string of the molecule is COC(=O)C1=C(c2ccccc2)NC(=S)N[C@@H]1c1ccc(OCc2ccccc2Cl)c(OC)c1. The highest BCUT2D eigenvalue weighted by atomic mass is 35.5. The number of esters is 1. The second-order valence-corrected chi connectivity index (χ2v) is 8.28. The third kappa shape index (κ3) is 5.00. The van der Waals surface area contributed by atoms with Crippen LogP contribution >= 0.6 is 23.8 Å². The normalized spacial score (nSPS) is 15.3. The van der Waals surface area contributed by atoms with E-state index in [2.05, 4.69) is 10.6 Å². The molecule has 2 N–H and O–H groups in total. The summed E-state index contributed by atoms with van der Waals surface area (Å²) in [5.41, 5.74) is 3.46. The first kappa shape index (κ1) is 23.6. The molecule has 0 saturated carbocycles. The molecule has 0 aromatic heterocycles. The molecule has 1 atom stereocenters. The number of methoxy groups -OCH3 is 2. The maximum Gasteiger partial charge on any atom is 0.338 e. The molecule has 34 heavy (non-hydrogen) atoms. The van der Waals surface area contributed by atoms with Crippen LogP contribution < -0.4 is 20.1 Å². The molecule has 0 spiro atoms. The van der Waals surface area contributed by atoms with E-state index < -0.39 is 12.0 Å². The van der Waals surface area contributed by atoms with Crippen molar-refractivity contribution in [2.75, 3.05) is 14.2 Å². The molecule has 0 fully saturated rings. The molecule has 0 amide bonds. The lowest BCUT2D eigenvalue weighted by Crippen LogP contribution is -2.45. The van der Waals surface area contributed by atoms with Gasteiger partial charge in [-0.2, -0.15) is 0 Å². The van der Waals surface area contributed by atoms with E-state index in [1.807, 2.05) is 66.7 Å². The Morgan fingerprint density at radius 1 is 1.00 bits per heavy atom. The lowest BCUT2D eigenvalue weighted by molar-refractivity contribution is -0.136. The van der Waals surface area contributed by atoms with Gasteiger partial charge in [0.25, 0.3) is 0 Å². The van der Waals surface area contributed by atoms with E-state index in [0.29, 0.717) is 32.9 Å². The predicted octanol–water partition coefficient (Wildman–Crippen LogP) is 5.03. The van der Waals surface area contributed by atoms with Gasteiger partial charge in [-0.3, -0.25) is 0 Å². The fraction of sp³-hybridized carbons (Fsp3) is 0.154. The lowest BCUT2D eigenvalue weighted by atomic mass is 9.92. The molecule has 4 rings (SSSR count). The topological polar surface area (TPSA) is 68.8 Å². The van der Waals surface area contributed by atoms with Crippen LogP contribution in [0.25, 0.3) is 5.70 Å². The Morgan fingerprint density at radius 2 is 1.74 bits per heavy atom. The fourth-order valence-corrected chi connectivity index (χ4v) is 4.14. The lowest BCUT2D eigenvalue weighted by Gasteiger charge is -2.31. The monoisotopic (exact) mass is 494 g/mol. The molecule has 0 aliphatic carbocycles. The van der Waals surface area contributed by atoms with Crippen LogP contribution in [0, 0.1) is 0 Å². The molecule has 0 unspecified atom stereocenters. The highest BCUT2D eigenvalue weighted by Gasteiger charge is 2.33. The third-order valence-corrected chi connectivity index (χ3v) is 5.99. The van der Waals surface area contributed by atoms with Gasteiger partial charge >= 0.3 is 5.97 Å². The quantitative estimate of drug-likeness (QED) is 0.352. The van der Waals surface area contributed by atoms with E-state index >= 15 is 0 Å². The molecule has 1 heterocycles. The number of thiocarbonyl (C=S) groups is 1. The molecule has 1 aliphatic heterocycles. The van der Waals surface area contributed by atoms with E-state index in [4.69, 9.17) is 38.0 Å². The summed E-state index contributed by atoms with van der Waals surface area (Å²) in [5.74, 6) is 0.597. The minimum Gasteiger partial charge on any atom is -0.493 e. The van der Waals surface area contributed by atoms with Crippen LogP contribution in [0.2, 0.25) is 5.02 Å². The summed E-state index contributed by atoms with van der Waals surface area (Å²) in [6.07, 6.45) is 0. The Balaban J connectivity index is 1.71. The van der Waals surface area contributed by atoms with Crippen LogP contribution in [-0.4, -0.2) is 25.3 Å². The van der Waals surface area contributed by atoms with Crippen molar-refractivity contribution in [1.29, 1.82) is 0 Å². The van der Waals surface area contributed by atoms with E-state index in [9.17, 15) is 4.79 Å². The number of carbonyl (C=O) groups is 1. The first-order chi connectivity index (χ1) is 16.5. The van der Waals surface area contributed by atoms with Crippen LogP contribution in [-0.2, 0) is 16.1 Å². The van der Waals surface area contributed by atoms with Crippen LogP contribution in [0.1, 0.15) is 22.7 Å². The Bertz CT molecular complexity index is 1250. The van der Waals surface area contributed by atoms with Crippen molar-refractivity contribution in [3.05, 3.63) is 100 Å². The van der Waals surface area contributed by atoms with Crippen molar-refractivity contribution in [3.8, 4) is 11.5 Å². The van der Waals surface area contributed by atoms with Crippen molar-refractivity contribution in [2.24, 2.45) is 0 Å². The van der Waals surface area contributed by atoms with Gasteiger partial charge in [-0.1, -0.05) is 66.2 Å². The predicted molar refractivity (Wildman–Crippen MR) is 136 cm³/mol. The average Bonchev–Trinajstić information content (AvgIpc) is 2.87. The summed E-state index contributed by atoms with van der Waals surface area (Å²) in [7, 11) is 2.92. The van der Waals surface area contributed by atoms with E-state index in [-0.39, 0.29) is 6.61 Å². The van der Waals surface area contributed by atoms with Gasteiger partial charge < -0.3 is 24.8 Å². The molecule has 0 radical (unpaired) electrons. The zero-order chi connectivity index (χ0) is 24.1. The number of ether oxygens (including phenoxy) is 3. The van der Waals surface area contributed by atoms with Crippen molar-refractivity contribution in [2.45, 2.75) is 12.6 Å². The molecular formula is C26H23ClN2O4S. The van der Waals surface area contributed by atoms with Gasteiger partial charge in [0.15, 0.2) is 16.6 Å². The Kier molecular flexibility index (Phi) is 7.35. The van der Waals surface area contributed by atoms with Crippen LogP contribution in [0.5, 0.6) is 11.5 Å².